The number of amides is 3. The van der Waals surface area contributed by atoms with Crippen molar-refractivity contribution in [3.05, 3.63) is 12.2 Å². The molecule has 0 aromatic rings. The number of carbonyl (C=O) groups is 3. The minimum Gasteiger partial charge on any atom is -0.443 e. The molecular weight excluding hydrogens is 284 g/mol. The maximum absolute atomic E-state index is 12.1. The Morgan fingerprint density at radius 3 is 2.77 bits per heavy atom. The Morgan fingerprint density at radius 1 is 1.50 bits per heavy atom. The highest BCUT2D eigenvalue weighted by molar-refractivity contribution is 6.02. The molecule has 22 heavy (non-hydrogen) atoms. The minimum absolute atomic E-state index is 0.0635. The van der Waals surface area contributed by atoms with E-state index in [9.17, 15) is 14.4 Å². The molecule has 118 valence electrons. The van der Waals surface area contributed by atoms with Crippen molar-refractivity contribution in [2.45, 2.75) is 20.8 Å². The van der Waals surface area contributed by atoms with Crippen molar-refractivity contribution < 1.29 is 19.1 Å². The van der Waals surface area contributed by atoms with Crippen LogP contribution in [0.15, 0.2) is 12.2 Å². The molecule has 0 spiro atoms. The number of hydrogen-bond donors (Lipinski definition) is 0. The number of rotatable bonds is 5. The van der Waals surface area contributed by atoms with Gasteiger partial charge in [0.1, 0.15) is 6.54 Å². The van der Waals surface area contributed by atoms with E-state index in [1.807, 2.05) is 32.9 Å². The second-order valence-electron chi connectivity index (χ2n) is 6.11. The highest BCUT2D eigenvalue weighted by Crippen LogP contribution is 2.59. The van der Waals surface area contributed by atoms with E-state index in [1.54, 1.807) is 0 Å². The lowest BCUT2D eigenvalue weighted by atomic mass is 10.1. The summed E-state index contributed by atoms with van der Waals surface area (Å²) in [5.74, 6) is 1.42. The van der Waals surface area contributed by atoms with Crippen LogP contribution >= 0.6 is 0 Å². The molecule has 2 fully saturated rings. The molecule has 0 bridgehead atoms. The summed E-state index contributed by atoms with van der Waals surface area (Å²) in [7, 11) is 0. The van der Waals surface area contributed by atoms with E-state index in [4.69, 9.17) is 11.2 Å². The molecule has 1 aliphatic carbocycles. The van der Waals surface area contributed by atoms with Crippen LogP contribution in [0.1, 0.15) is 20.8 Å². The quantitative estimate of drug-likeness (QED) is 0.332. The normalized spacial score (nSPS) is 26.5. The number of urea groups is 1. The van der Waals surface area contributed by atoms with Gasteiger partial charge in [-0.3, -0.25) is 9.59 Å². The molecule has 1 aliphatic heterocycles. The van der Waals surface area contributed by atoms with Crippen molar-refractivity contribution in [3.8, 4) is 12.3 Å². The Morgan fingerprint density at radius 2 is 2.18 bits per heavy atom. The zero-order chi connectivity index (χ0) is 16.5. The van der Waals surface area contributed by atoms with E-state index in [0.717, 1.165) is 4.90 Å². The third-order valence-corrected chi connectivity index (χ3v) is 4.31. The summed E-state index contributed by atoms with van der Waals surface area (Å²) < 4.78 is 5.16. The molecule has 0 unspecified atom stereocenters. The van der Waals surface area contributed by atoms with Gasteiger partial charge in [-0.2, -0.15) is 0 Å². The van der Waals surface area contributed by atoms with E-state index in [0.29, 0.717) is 0 Å². The maximum atomic E-state index is 12.1. The lowest BCUT2D eigenvalue weighted by Gasteiger charge is -2.15. The molecular formula is C16H20N2O4. The van der Waals surface area contributed by atoms with Crippen LogP contribution in [0, 0.1) is 29.6 Å². The molecule has 0 radical (unpaired) electrons. The third kappa shape index (κ3) is 2.71. The lowest BCUT2D eigenvalue weighted by Crippen LogP contribution is -2.36. The highest BCUT2D eigenvalue weighted by Gasteiger charge is 2.61. The molecule has 3 amide bonds. The van der Waals surface area contributed by atoms with Gasteiger partial charge in [0.05, 0.1) is 12.5 Å². The molecule has 1 saturated heterocycles. The molecule has 0 N–H and O–H groups in total. The summed E-state index contributed by atoms with van der Waals surface area (Å²) >= 11 is 0. The summed E-state index contributed by atoms with van der Waals surface area (Å²) in [6, 6.07) is -0.518. The fraction of sp³-hybridized carbons (Fsp3) is 0.562. The van der Waals surface area contributed by atoms with Gasteiger partial charge in [-0.05, 0) is 18.3 Å². The summed E-state index contributed by atoms with van der Waals surface area (Å²) in [5, 5.41) is 0. The van der Waals surface area contributed by atoms with Gasteiger partial charge in [-0.15, -0.1) is 6.42 Å². The number of allylic oxidation sites excluding steroid dienone is 2. The molecule has 2 rings (SSSR count). The zero-order valence-electron chi connectivity index (χ0n) is 13.0. The van der Waals surface area contributed by atoms with Gasteiger partial charge in [0, 0.05) is 0 Å². The van der Waals surface area contributed by atoms with Crippen LogP contribution < -0.4 is 0 Å². The molecule has 6 heteroatoms. The van der Waals surface area contributed by atoms with Gasteiger partial charge >= 0.3 is 12.0 Å². The van der Waals surface area contributed by atoms with Crippen LogP contribution in [0.2, 0.25) is 0 Å². The fourth-order valence-corrected chi connectivity index (χ4v) is 2.87. The Hall–Kier alpha value is -2.29. The average Bonchev–Trinajstić information content (AvgIpc) is 2.88. The van der Waals surface area contributed by atoms with Gasteiger partial charge < -0.3 is 9.64 Å². The average molecular weight is 304 g/mol. The summed E-state index contributed by atoms with van der Waals surface area (Å²) in [5.41, 5.74) is -0.155. The fourth-order valence-electron chi connectivity index (χ4n) is 2.87. The first kappa shape index (κ1) is 16.1. The van der Waals surface area contributed by atoms with Crippen molar-refractivity contribution in [2.75, 3.05) is 19.8 Å². The first-order valence-corrected chi connectivity index (χ1v) is 7.16. The number of terminal acetylenes is 1. The van der Waals surface area contributed by atoms with Crippen molar-refractivity contribution >= 4 is 17.9 Å². The molecule has 1 heterocycles. The summed E-state index contributed by atoms with van der Waals surface area (Å²) in [4.78, 5) is 38.0. The summed E-state index contributed by atoms with van der Waals surface area (Å²) in [6.45, 7) is 5.52. The number of esters is 1. The Labute approximate surface area is 130 Å². The largest absolute Gasteiger partial charge is 0.443 e. The van der Waals surface area contributed by atoms with Crippen molar-refractivity contribution in [1.82, 2.24) is 9.80 Å². The molecule has 0 aromatic carbocycles. The monoisotopic (exact) mass is 304 g/mol. The number of imide groups is 1. The predicted octanol–water partition coefficient (Wildman–Crippen LogP) is 1.23. The Kier molecular flexibility index (Phi) is 4.27. The highest BCUT2D eigenvalue weighted by atomic mass is 16.5. The van der Waals surface area contributed by atoms with Gasteiger partial charge in [-0.25, -0.2) is 9.69 Å². The second kappa shape index (κ2) is 5.84. The van der Waals surface area contributed by atoms with Gasteiger partial charge in [0.2, 0.25) is 0 Å². The SMILES string of the molecule is C#CCN1CC(=O)N(COC(=O)[C@@H]2[C@@H](/C=C\C)C2(C)C)C1=O. The lowest BCUT2D eigenvalue weighted by molar-refractivity contribution is -0.151. The number of carbonyl (C=O) groups excluding carboxylic acids is 3. The second-order valence-corrected chi connectivity index (χ2v) is 6.11. The van der Waals surface area contributed by atoms with Gasteiger partial charge in [0.25, 0.3) is 5.91 Å². The first-order chi connectivity index (χ1) is 10.3. The van der Waals surface area contributed by atoms with E-state index in [2.05, 4.69) is 5.92 Å². The molecule has 1 saturated carbocycles. The first-order valence-electron chi connectivity index (χ1n) is 7.16. The molecule has 6 nitrogen and oxygen atoms in total. The van der Waals surface area contributed by atoms with Crippen molar-refractivity contribution in [2.24, 2.45) is 17.3 Å². The third-order valence-electron chi connectivity index (χ3n) is 4.31. The molecule has 2 aliphatic rings. The van der Waals surface area contributed by atoms with Crippen molar-refractivity contribution in [1.29, 1.82) is 0 Å². The maximum Gasteiger partial charge on any atom is 0.330 e. The predicted molar refractivity (Wildman–Crippen MR) is 79.2 cm³/mol. The standard InChI is InChI=1S/C16H20N2O4/c1-5-7-11-13(16(11,3)4)14(20)22-10-18-12(19)9-17(8-6-2)15(18)21/h2,5,7,11,13H,8-10H2,1,3-4H3/b7-5-/t11-,13+/m1/s1. The van der Waals surface area contributed by atoms with E-state index < -0.39 is 11.9 Å². The Balaban J connectivity index is 1.91. The van der Waals surface area contributed by atoms with Gasteiger partial charge in [-0.1, -0.05) is 31.9 Å². The Bertz CT molecular complexity index is 573. The van der Waals surface area contributed by atoms with E-state index >= 15 is 0 Å². The van der Waals surface area contributed by atoms with Crippen LogP contribution in [0.5, 0.6) is 0 Å². The number of ether oxygens (including phenoxy) is 1. The summed E-state index contributed by atoms with van der Waals surface area (Å²) in [6.07, 6.45) is 9.03. The zero-order valence-corrected chi connectivity index (χ0v) is 13.0. The minimum atomic E-state index is -0.518. The van der Waals surface area contributed by atoms with E-state index in [1.165, 1.54) is 4.90 Å². The van der Waals surface area contributed by atoms with Crippen LogP contribution in [0.3, 0.4) is 0 Å². The number of nitrogens with zero attached hydrogens (tertiary/aromatic N) is 2. The molecule has 0 aromatic heterocycles. The van der Waals surface area contributed by atoms with Gasteiger partial charge in [0.15, 0.2) is 6.73 Å². The van der Waals surface area contributed by atoms with Crippen LogP contribution in [-0.2, 0) is 14.3 Å². The van der Waals surface area contributed by atoms with Crippen LogP contribution in [-0.4, -0.2) is 47.5 Å². The topological polar surface area (TPSA) is 66.9 Å². The van der Waals surface area contributed by atoms with Crippen LogP contribution in [0.25, 0.3) is 0 Å². The van der Waals surface area contributed by atoms with Crippen molar-refractivity contribution in [3.63, 3.8) is 0 Å². The molecule has 2 atom stereocenters. The van der Waals surface area contributed by atoms with Crippen LogP contribution in [0.4, 0.5) is 4.79 Å². The smallest absolute Gasteiger partial charge is 0.330 e. The van der Waals surface area contributed by atoms with E-state index in [-0.39, 0.29) is 43.0 Å². The number of hydrogen-bond acceptors (Lipinski definition) is 4.